The van der Waals surface area contributed by atoms with Crippen LogP contribution in [0.4, 0.5) is 10.5 Å². The topological polar surface area (TPSA) is 78.9 Å². The van der Waals surface area contributed by atoms with E-state index in [0.29, 0.717) is 24.3 Å². The fourth-order valence-electron chi connectivity index (χ4n) is 2.49. The molecule has 6 nitrogen and oxygen atoms in total. The smallest absolute Gasteiger partial charge is 0.336 e. The fourth-order valence-corrected chi connectivity index (χ4v) is 2.49. The number of carbonyl (C=O) groups is 2. The van der Waals surface area contributed by atoms with Crippen LogP contribution in [0, 0.1) is 6.92 Å². The Morgan fingerprint density at radius 2 is 2.00 bits per heavy atom. The molecule has 0 saturated carbocycles. The number of carboxylic acids is 1. The summed E-state index contributed by atoms with van der Waals surface area (Å²) in [6.45, 7) is 2.97. The number of amides is 2. The lowest BCUT2D eigenvalue weighted by atomic mass is 10.1. The summed E-state index contributed by atoms with van der Waals surface area (Å²) in [5, 5.41) is 11.9. The van der Waals surface area contributed by atoms with Crippen molar-refractivity contribution in [1.82, 2.24) is 4.90 Å². The number of likely N-dealkylation sites (tertiary alicyclic amines) is 1. The summed E-state index contributed by atoms with van der Waals surface area (Å²) in [5.74, 6) is -0.996. The number of urea groups is 1. The first-order valence-electron chi connectivity index (χ1n) is 6.94. The molecule has 21 heavy (non-hydrogen) atoms. The van der Waals surface area contributed by atoms with Crippen LogP contribution >= 0.6 is 0 Å². The lowest BCUT2D eigenvalue weighted by Crippen LogP contribution is -2.42. The van der Waals surface area contributed by atoms with Gasteiger partial charge in [-0.3, -0.25) is 0 Å². The summed E-state index contributed by atoms with van der Waals surface area (Å²) in [6.07, 6.45) is 1.85. The summed E-state index contributed by atoms with van der Waals surface area (Å²) in [7, 11) is 1.68. The number of ether oxygens (including phenoxy) is 1. The van der Waals surface area contributed by atoms with Gasteiger partial charge in [-0.1, -0.05) is 6.07 Å². The van der Waals surface area contributed by atoms with Crippen molar-refractivity contribution in [2.24, 2.45) is 0 Å². The highest BCUT2D eigenvalue weighted by Gasteiger charge is 2.23. The van der Waals surface area contributed by atoms with E-state index in [1.54, 1.807) is 31.1 Å². The van der Waals surface area contributed by atoms with Crippen LogP contribution in [-0.4, -0.2) is 48.3 Å². The number of methoxy groups -OCH3 is 1. The molecule has 0 bridgehead atoms. The average Bonchev–Trinajstić information content (AvgIpc) is 2.49. The van der Waals surface area contributed by atoms with Crippen molar-refractivity contribution in [2.45, 2.75) is 25.9 Å². The number of hydrogen-bond donors (Lipinski definition) is 2. The lowest BCUT2D eigenvalue weighted by Gasteiger charge is -2.31. The summed E-state index contributed by atoms with van der Waals surface area (Å²) in [6, 6.07) is 4.66. The monoisotopic (exact) mass is 292 g/mol. The third-order valence-electron chi connectivity index (χ3n) is 3.87. The molecule has 1 aromatic carbocycles. The minimum Gasteiger partial charge on any atom is -0.478 e. The molecule has 0 unspecified atom stereocenters. The van der Waals surface area contributed by atoms with Gasteiger partial charge < -0.3 is 20.1 Å². The Labute approximate surface area is 123 Å². The Kier molecular flexibility index (Phi) is 4.80. The Morgan fingerprint density at radius 3 is 2.57 bits per heavy atom. The molecule has 0 aromatic heterocycles. The first kappa shape index (κ1) is 15.3. The molecule has 114 valence electrons. The van der Waals surface area contributed by atoms with Crippen molar-refractivity contribution in [1.29, 1.82) is 0 Å². The largest absolute Gasteiger partial charge is 0.478 e. The molecule has 6 heteroatoms. The van der Waals surface area contributed by atoms with E-state index in [9.17, 15) is 9.59 Å². The first-order chi connectivity index (χ1) is 10.0. The molecule has 1 aliphatic heterocycles. The zero-order chi connectivity index (χ0) is 15.4. The molecule has 0 spiro atoms. The SMILES string of the molecule is COC1CCN(C(=O)Nc2cccc(C(=O)O)c2C)CC1. The summed E-state index contributed by atoms with van der Waals surface area (Å²) >= 11 is 0. The number of carbonyl (C=O) groups excluding carboxylic acids is 1. The lowest BCUT2D eigenvalue weighted by molar-refractivity contribution is 0.0521. The van der Waals surface area contributed by atoms with Gasteiger partial charge in [-0.15, -0.1) is 0 Å². The predicted octanol–water partition coefficient (Wildman–Crippen LogP) is 2.34. The maximum absolute atomic E-state index is 12.2. The van der Waals surface area contributed by atoms with E-state index < -0.39 is 5.97 Å². The number of carboxylic acid groups (broad SMARTS) is 1. The van der Waals surface area contributed by atoms with Crippen molar-refractivity contribution in [3.05, 3.63) is 29.3 Å². The van der Waals surface area contributed by atoms with E-state index >= 15 is 0 Å². The second-order valence-corrected chi connectivity index (χ2v) is 5.14. The van der Waals surface area contributed by atoms with Gasteiger partial charge in [0.15, 0.2) is 0 Å². The maximum Gasteiger partial charge on any atom is 0.336 e. The van der Waals surface area contributed by atoms with Crippen molar-refractivity contribution in [3.8, 4) is 0 Å². The molecule has 1 aliphatic rings. The quantitative estimate of drug-likeness (QED) is 0.896. The number of piperidine rings is 1. The second kappa shape index (κ2) is 6.58. The molecule has 2 rings (SSSR count). The molecular formula is C15H20N2O4. The van der Waals surface area contributed by atoms with E-state index in [1.807, 2.05) is 0 Å². The van der Waals surface area contributed by atoms with Crippen molar-refractivity contribution in [3.63, 3.8) is 0 Å². The minimum absolute atomic E-state index is 0.199. The Bertz CT molecular complexity index is 536. The third-order valence-corrected chi connectivity index (χ3v) is 3.87. The standard InChI is InChI=1S/C15H20N2O4/c1-10-12(14(18)19)4-3-5-13(10)16-15(20)17-8-6-11(21-2)7-9-17/h3-5,11H,6-9H2,1-2H3,(H,16,20)(H,18,19). The zero-order valence-corrected chi connectivity index (χ0v) is 12.3. The van der Waals surface area contributed by atoms with Gasteiger partial charge in [-0.05, 0) is 37.5 Å². The van der Waals surface area contributed by atoms with E-state index in [-0.39, 0.29) is 17.7 Å². The maximum atomic E-state index is 12.2. The van der Waals surface area contributed by atoms with Crippen molar-refractivity contribution >= 4 is 17.7 Å². The van der Waals surface area contributed by atoms with E-state index in [4.69, 9.17) is 9.84 Å². The number of rotatable bonds is 3. The van der Waals surface area contributed by atoms with Crippen molar-refractivity contribution < 1.29 is 19.4 Å². The highest BCUT2D eigenvalue weighted by Crippen LogP contribution is 2.20. The van der Waals surface area contributed by atoms with Crippen LogP contribution in [-0.2, 0) is 4.74 Å². The van der Waals surface area contributed by atoms with Crippen LogP contribution in [0.2, 0.25) is 0 Å². The van der Waals surface area contributed by atoms with Crippen LogP contribution in [0.3, 0.4) is 0 Å². The summed E-state index contributed by atoms with van der Waals surface area (Å²) in [5.41, 5.74) is 1.30. The van der Waals surface area contributed by atoms with Gasteiger partial charge in [0, 0.05) is 25.9 Å². The number of anilines is 1. The zero-order valence-electron chi connectivity index (χ0n) is 12.3. The predicted molar refractivity (Wildman–Crippen MR) is 78.8 cm³/mol. The van der Waals surface area contributed by atoms with Crippen LogP contribution in [0.15, 0.2) is 18.2 Å². The van der Waals surface area contributed by atoms with Crippen LogP contribution in [0.1, 0.15) is 28.8 Å². The van der Waals surface area contributed by atoms with Crippen molar-refractivity contribution in [2.75, 3.05) is 25.5 Å². The number of hydrogen-bond acceptors (Lipinski definition) is 3. The first-order valence-corrected chi connectivity index (χ1v) is 6.94. The van der Waals surface area contributed by atoms with Gasteiger partial charge in [-0.2, -0.15) is 0 Å². The highest BCUT2D eigenvalue weighted by molar-refractivity contribution is 5.95. The van der Waals surface area contributed by atoms with Gasteiger partial charge in [0.2, 0.25) is 0 Å². The molecule has 1 heterocycles. The number of benzene rings is 1. The Balaban J connectivity index is 2.03. The average molecular weight is 292 g/mol. The molecule has 2 N–H and O–H groups in total. The molecule has 1 saturated heterocycles. The van der Waals surface area contributed by atoms with Gasteiger partial charge in [0.05, 0.1) is 11.7 Å². The molecule has 0 radical (unpaired) electrons. The Morgan fingerprint density at radius 1 is 1.33 bits per heavy atom. The minimum atomic E-state index is -0.996. The molecule has 0 aliphatic carbocycles. The normalized spacial score (nSPS) is 15.8. The molecule has 2 amide bonds. The third kappa shape index (κ3) is 3.52. The molecule has 0 atom stereocenters. The molecular weight excluding hydrogens is 272 g/mol. The fraction of sp³-hybridized carbons (Fsp3) is 0.467. The van der Waals surface area contributed by atoms with E-state index in [0.717, 1.165) is 12.8 Å². The number of nitrogens with one attached hydrogen (secondary N) is 1. The van der Waals surface area contributed by atoms with Crippen LogP contribution in [0.5, 0.6) is 0 Å². The second-order valence-electron chi connectivity index (χ2n) is 5.14. The van der Waals surface area contributed by atoms with E-state index in [1.165, 1.54) is 6.07 Å². The van der Waals surface area contributed by atoms with Crippen LogP contribution < -0.4 is 5.32 Å². The van der Waals surface area contributed by atoms with Crippen LogP contribution in [0.25, 0.3) is 0 Å². The molecule has 1 fully saturated rings. The van der Waals surface area contributed by atoms with E-state index in [2.05, 4.69) is 5.32 Å². The number of aromatic carboxylic acids is 1. The molecule has 1 aromatic rings. The van der Waals surface area contributed by atoms with Gasteiger partial charge in [-0.25, -0.2) is 9.59 Å². The number of nitrogens with zero attached hydrogens (tertiary/aromatic N) is 1. The summed E-state index contributed by atoms with van der Waals surface area (Å²) in [4.78, 5) is 25.0. The highest BCUT2D eigenvalue weighted by atomic mass is 16.5. The van der Waals surface area contributed by atoms with Gasteiger partial charge >= 0.3 is 12.0 Å². The van der Waals surface area contributed by atoms with Gasteiger partial charge in [0.25, 0.3) is 0 Å². The Hall–Kier alpha value is -2.08. The summed E-state index contributed by atoms with van der Waals surface area (Å²) < 4.78 is 5.28. The van der Waals surface area contributed by atoms with Gasteiger partial charge in [0.1, 0.15) is 0 Å².